The van der Waals surface area contributed by atoms with E-state index in [-0.39, 0.29) is 6.04 Å². The summed E-state index contributed by atoms with van der Waals surface area (Å²) < 4.78 is 9.10. The number of hydrogen-bond donors (Lipinski definition) is 1. The molecule has 0 saturated heterocycles. The summed E-state index contributed by atoms with van der Waals surface area (Å²) in [6.45, 7) is 0. The number of nitrogens with one attached hydrogen (secondary N) is 1. The molecule has 1 atom stereocenters. The van der Waals surface area contributed by atoms with Crippen molar-refractivity contribution in [1.82, 2.24) is 9.88 Å². The molecule has 6 aromatic carbocycles. The van der Waals surface area contributed by atoms with E-state index >= 15 is 0 Å². The third kappa shape index (κ3) is 4.13. The minimum Gasteiger partial charge on any atom is -0.454 e. The molecule has 0 fully saturated rings. The maximum Gasteiger partial charge on any atom is 0.159 e. The fraction of sp³-hybridized carbons (Fsp3) is 0.0227. The van der Waals surface area contributed by atoms with Crippen molar-refractivity contribution >= 4 is 55.3 Å². The number of nitrogens with zero attached hydrogens (tertiary/aromatic N) is 2. The monoisotopic (exact) mass is 615 g/mol. The first-order valence-electron chi connectivity index (χ1n) is 16.3. The second-order valence-electron chi connectivity index (χ2n) is 12.4. The largest absolute Gasteiger partial charge is 0.454 e. The number of furan rings is 1. The summed E-state index contributed by atoms with van der Waals surface area (Å²) in [5, 5.41) is 8.33. The van der Waals surface area contributed by atoms with Crippen LogP contribution in [0.5, 0.6) is 0 Å². The molecular formula is C44H29N3O. The molecule has 1 unspecified atom stereocenters. The number of amidine groups is 1. The molecule has 0 radical (unpaired) electrons. The fourth-order valence-electron chi connectivity index (χ4n) is 7.37. The number of para-hydroxylation sites is 3. The summed E-state index contributed by atoms with van der Waals surface area (Å²) in [5.41, 5.74) is 11.7. The molecule has 10 rings (SSSR count). The Morgan fingerprint density at radius 1 is 0.562 bits per heavy atom. The molecule has 0 spiro atoms. The van der Waals surface area contributed by atoms with Gasteiger partial charge in [0, 0.05) is 38.2 Å². The van der Waals surface area contributed by atoms with E-state index in [0.29, 0.717) is 0 Å². The van der Waals surface area contributed by atoms with E-state index in [1.807, 2.05) is 6.07 Å². The molecule has 48 heavy (non-hydrogen) atoms. The predicted molar refractivity (Wildman–Crippen MR) is 199 cm³/mol. The molecule has 1 N–H and O–H groups in total. The zero-order valence-electron chi connectivity index (χ0n) is 26.0. The first kappa shape index (κ1) is 26.8. The minimum absolute atomic E-state index is 0.0274. The van der Waals surface area contributed by atoms with Crippen molar-refractivity contribution in [2.75, 3.05) is 0 Å². The lowest BCUT2D eigenvalue weighted by Gasteiger charge is -2.28. The lowest BCUT2D eigenvalue weighted by Crippen LogP contribution is -2.39. The Morgan fingerprint density at radius 2 is 1.23 bits per heavy atom. The van der Waals surface area contributed by atoms with E-state index in [0.717, 1.165) is 66.9 Å². The Hall–Kier alpha value is -6.39. The van der Waals surface area contributed by atoms with Gasteiger partial charge in [-0.3, -0.25) is 0 Å². The van der Waals surface area contributed by atoms with Gasteiger partial charge in [0.25, 0.3) is 0 Å². The maximum atomic E-state index is 6.77. The van der Waals surface area contributed by atoms with E-state index in [9.17, 15) is 0 Å². The molecule has 0 amide bonds. The van der Waals surface area contributed by atoms with Gasteiger partial charge in [0.2, 0.25) is 0 Å². The molecular weight excluding hydrogens is 587 g/mol. The highest BCUT2D eigenvalue weighted by atomic mass is 16.3. The van der Waals surface area contributed by atoms with Gasteiger partial charge in [-0.2, -0.15) is 0 Å². The lowest BCUT2D eigenvalue weighted by atomic mass is 9.93. The van der Waals surface area contributed by atoms with Crippen LogP contribution in [0.4, 0.5) is 0 Å². The Balaban J connectivity index is 1.10. The number of fused-ring (bicyclic) bond motifs is 7. The van der Waals surface area contributed by atoms with Crippen molar-refractivity contribution in [2.24, 2.45) is 4.99 Å². The Morgan fingerprint density at radius 3 is 2.02 bits per heavy atom. The molecule has 4 heteroatoms. The standard InChI is InChI=1S/C44H29N3O/c1-2-11-28(12-3-1)29-21-23-30(24-22-29)42-36-15-4-7-17-37(36)45-44(46-42)31-25-26-34-35-16-10-20-40(43(35)48-41(34)27-31)47-38-18-8-5-13-32(38)33-14-6-9-19-39(33)47/h1-27,37H,(H,45,46). The summed E-state index contributed by atoms with van der Waals surface area (Å²) in [4.78, 5) is 5.25. The van der Waals surface area contributed by atoms with Crippen LogP contribution in [0.2, 0.25) is 0 Å². The van der Waals surface area contributed by atoms with Crippen LogP contribution < -0.4 is 5.32 Å². The summed E-state index contributed by atoms with van der Waals surface area (Å²) in [6, 6.07) is 49.3. The molecule has 3 heterocycles. The smallest absolute Gasteiger partial charge is 0.159 e. The highest BCUT2D eigenvalue weighted by Gasteiger charge is 2.25. The molecule has 1 aliphatic heterocycles. The zero-order chi connectivity index (χ0) is 31.6. The van der Waals surface area contributed by atoms with Crippen LogP contribution >= 0.6 is 0 Å². The highest BCUT2D eigenvalue weighted by Crippen LogP contribution is 2.39. The van der Waals surface area contributed by atoms with Crippen molar-refractivity contribution in [2.45, 2.75) is 6.04 Å². The van der Waals surface area contributed by atoms with E-state index in [2.05, 4.69) is 168 Å². The van der Waals surface area contributed by atoms with Gasteiger partial charge in [0.05, 0.1) is 28.5 Å². The van der Waals surface area contributed by atoms with Crippen LogP contribution in [0.15, 0.2) is 179 Å². The summed E-state index contributed by atoms with van der Waals surface area (Å²) in [5.74, 6) is 0.829. The average molecular weight is 616 g/mol. The lowest BCUT2D eigenvalue weighted by molar-refractivity contribution is 0.666. The van der Waals surface area contributed by atoms with Gasteiger partial charge < -0.3 is 14.3 Å². The van der Waals surface area contributed by atoms with E-state index < -0.39 is 0 Å². The molecule has 2 aromatic heterocycles. The Kier molecular flexibility index (Phi) is 5.90. The second-order valence-corrected chi connectivity index (χ2v) is 12.4. The third-order valence-corrected chi connectivity index (χ3v) is 9.65. The zero-order valence-corrected chi connectivity index (χ0v) is 26.0. The molecule has 2 aliphatic rings. The minimum atomic E-state index is 0.0274. The van der Waals surface area contributed by atoms with Crippen LogP contribution in [-0.4, -0.2) is 16.4 Å². The summed E-state index contributed by atoms with van der Waals surface area (Å²) >= 11 is 0. The van der Waals surface area contributed by atoms with Gasteiger partial charge in [-0.1, -0.05) is 133 Å². The Bertz CT molecular complexity index is 2630. The number of allylic oxidation sites excluding steroid dienone is 2. The number of rotatable bonds is 4. The van der Waals surface area contributed by atoms with Crippen molar-refractivity contribution in [3.63, 3.8) is 0 Å². The normalized spacial score (nSPS) is 15.8. The van der Waals surface area contributed by atoms with Crippen molar-refractivity contribution in [3.05, 3.63) is 181 Å². The number of aliphatic imine (C=N–C) groups is 1. The van der Waals surface area contributed by atoms with E-state index in [1.165, 1.54) is 21.9 Å². The van der Waals surface area contributed by atoms with Gasteiger partial charge in [0.15, 0.2) is 5.58 Å². The average Bonchev–Trinajstić information content (AvgIpc) is 3.70. The molecule has 8 aromatic rings. The van der Waals surface area contributed by atoms with Crippen molar-refractivity contribution in [1.29, 1.82) is 0 Å². The van der Waals surface area contributed by atoms with Crippen LogP contribution in [0.3, 0.4) is 0 Å². The third-order valence-electron chi connectivity index (χ3n) is 9.65. The van der Waals surface area contributed by atoms with Crippen LogP contribution in [0.1, 0.15) is 11.1 Å². The Labute approximate surface area is 277 Å². The molecule has 1 aliphatic carbocycles. The van der Waals surface area contributed by atoms with Gasteiger partial charge in [0.1, 0.15) is 11.4 Å². The van der Waals surface area contributed by atoms with Crippen LogP contribution in [-0.2, 0) is 0 Å². The first-order valence-corrected chi connectivity index (χ1v) is 16.3. The fourth-order valence-corrected chi connectivity index (χ4v) is 7.37. The number of hydrogen-bond acceptors (Lipinski definition) is 3. The molecule has 0 bridgehead atoms. The summed E-state index contributed by atoms with van der Waals surface area (Å²) in [7, 11) is 0. The van der Waals surface area contributed by atoms with Gasteiger partial charge in [-0.05, 0) is 41.5 Å². The molecule has 226 valence electrons. The second kappa shape index (κ2) is 10.6. The van der Waals surface area contributed by atoms with Crippen molar-refractivity contribution < 1.29 is 4.42 Å². The predicted octanol–water partition coefficient (Wildman–Crippen LogP) is 10.6. The number of aromatic nitrogens is 1. The summed E-state index contributed by atoms with van der Waals surface area (Å²) in [6.07, 6.45) is 8.54. The van der Waals surface area contributed by atoms with Crippen LogP contribution in [0, 0.1) is 0 Å². The SMILES string of the molecule is C1=CC2=C(c3ccc(-c4ccccc4)cc3)N=C(c3ccc4c(c3)oc3c(-n5c6ccccc6c6ccccc65)cccc34)NC2C=C1. The van der Waals surface area contributed by atoms with Gasteiger partial charge >= 0.3 is 0 Å². The van der Waals surface area contributed by atoms with Crippen molar-refractivity contribution in [3.8, 4) is 16.8 Å². The quantitative estimate of drug-likeness (QED) is 0.214. The topological polar surface area (TPSA) is 42.5 Å². The first-order chi connectivity index (χ1) is 23.8. The highest BCUT2D eigenvalue weighted by molar-refractivity contribution is 6.14. The van der Waals surface area contributed by atoms with Crippen LogP contribution in [0.25, 0.3) is 66.3 Å². The van der Waals surface area contributed by atoms with Gasteiger partial charge in [-0.15, -0.1) is 0 Å². The molecule has 0 saturated carbocycles. The van der Waals surface area contributed by atoms with Gasteiger partial charge in [-0.25, -0.2) is 4.99 Å². The maximum absolute atomic E-state index is 6.77. The van der Waals surface area contributed by atoms with E-state index in [4.69, 9.17) is 9.41 Å². The van der Waals surface area contributed by atoms with E-state index in [1.54, 1.807) is 0 Å². The molecule has 4 nitrogen and oxygen atoms in total. The number of benzene rings is 6.